The molecule has 0 aromatic heterocycles. The number of hydrogen-bond acceptors (Lipinski definition) is 0. The molecule has 0 aliphatic heterocycles. The van der Waals surface area contributed by atoms with Gasteiger partial charge in [0.25, 0.3) is 0 Å². The molecule has 1 atom stereocenters. The van der Waals surface area contributed by atoms with Gasteiger partial charge in [0, 0.05) is 0 Å². The van der Waals surface area contributed by atoms with Crippen LogP contribution in [0.15, 0.2) is 0 Å². The molecule has 0 N–H and O–H groups in total. The van der Waals surface area contributed by atoms with Crippen LogP contribution in [0.3, 0.4) is 0 Å². The summed E-state index contributed by atoms with van der Waals surface area (Å²) >= 11 is 0. The summed E-state index contributed by atoms with van der Waals surface area (Å²) in [5, 5.41) is 0. The molecule has 5 heavy (non-hydrogen) atoms. The zero-order chi connectivity index (χ0) is 4.50. The fourth-order valence-corrected chi connectivity index (χ4v) is 0. The predicted molar refractivity (Wildman–Crippen MR) is 35.8 cm³/mol. The van der Waals surface area contributed by atoms with Crippen molar-refractivity contribution in [3.8, 4) is 0 Å². The molecule has 0 heterocycles. The molecule has 34 valence electrons. The molecule has 0 nitrogen and oxygen atoms in total. The maximum absolute atomic E-state index is 2.85. The summed E-state index contributed by atoms with van der Waals surface area (Å²) in [5.41, 5.74) is 0. The van der Waals surface area contributed by atoms with E-state index in [0.29, 0.717) is 0 Å². The van der Waals surface area contributed by atoms with Crippen LogP contribution in [0.25, 0.3) is 0 Å². The molecule has 0 aliphatic rings. The minimum atomic E-state index is -0.694. The Hall–Kier alpha value is 0.860. The molecular formula is C3H12P2. The molecule has 0 bridgehead atoms. The van der Waals surface area contributed by atoms with Crippen LogP contribution in [-0.2, 0) is 0 Å². The van der Waals surface area contributed by atoms with Gasteiger partial charge in [0.1, 0.15) is 0 Å². The Bertz CT molecular complexity index is 20.4. The van der Waals surface area contributed by atoms with Crippen molar-refractivity contribution in [1.29, 1.82) is 0 Å². The summed E-state index contributed by atoms with van der Waals surface area (Å²) in [6, 6.07) is 0. The third-order valence-corrected chi connectivity index (χ3v) is 0. The van der Waals surface area contributed by atoms with Gasteiger partial charge in [-0.15, -0.1) is 0 Å². The normalized spacial score (nSPS) is 15.2. The molecule has 0 amide bonds. The third-order valence-electron chi connectivity index (χ3n) is 0. The van der Waals surface area contributed by atoms with E-state index in [-0.39, 0.29) is 0 Å². The molecule has 0 aliphatic carbocycles. The summed E-state index contributed by atoms with van der Waals surface area (Å²) in [4.78, 5) is 0. The van der Waals surface area contributed by atoms with Gasteiger partial charge >= 0.3 is 35.9 Å². The van der Waals surface area contributed by atoms with E-state index < -0.39 is 6.95 Å². The Morgan fingerprint density at radius 2 is 1.20 bits per heavy atom. The zero-order valence-electron chi connectivity index (χ0n) is 4.08. The minimum absolute atomic E-state index is 0.694. The van der Waals surface area contributed by atoms with Gasteiger partial charge in [-0.25, -0.2) is 0 Å². The van der Waals surface area contributed by atoms with Crippen molar-refractivity contribution < 1.29 is 0 Å². The predicted octanol–water partition coefficient (Wildman–Crippen LogP) is 1.42. The van der Waals surface area contributed by atoms with Crippen LogP contribution in [0.5, 0.6) is 0 Å². The van der Waals surface area contributed by atoms with E-state index >= 15 is 0 Å². The Labute approximate surface area is 36.8 Å². The Kier molecular flexibility index (Phi) is 1.80. The van der Waals surface area contributed by atoms with Crippen LogP contribution in [0, 0.1) is 0 Å². The van der Waals surface area contributed by atoms with Gasteiger partial charge in [-0.05, 0) is 0 Å². The van der Waals surface area contributed by atoms with Crippen molar-refractivity contribution in [2.45, 2.75) is 0 Å². The van der Waals surface area contributed by atoms with Gasteiger partial charge < -0.3 is 0 Å². The maximum atomic E-state index is 2.85. The Balaban J connectivity index is 3.02. The first-order chi connectivity index (χ1) is 2.00. The Morgan fingerprint density at radius 3 is 1.20 bits per heavy atom. The number of rotatable bonds is 0. The summed E-state index contributed by atoms with van der Waals surface area (Å²) in [5.74, 6) is 0. The topological polar surface area (TPSA) is 0 Å². The van der Waals surface area contributed by atoms with Crippen LogP contribution < -0.4 is 0 Å². The molecule has 0 spiro atoms. The molecule has 0 rings (SSSR count). The van der Waals surface area contributed by atoms with Gasteiger partial charge in [0.05, 0.1) is 0 Å². The second-order valence-electron chi connectivity index (χ2n) is 2.37. The van der Waals surface area contributed by atoms with Crippen molar-refractivity contribution in [3.63, 3.8) is 0 Å². The molecule has 0 aromatic carbocycles. The van der Waals surface area contributed by atoms with Gasteiger partial charge in [0.2, 0.25) is 0 Å². The van der Waals surface area contributed by atoms with Crippen molar-refractivity contribution in [2.24, 2.45) is 0 Å². The second kappa shape index (κ2) is 1.54. The van der Waals surface area contributed by atoms with Crippen LogP contribution in [-0.4, -0.2) is 20.0 Å². The molecule has 0 saturated carbocycles. The van der Waals surface area contributed by atoms with Crippen molar-refractivity contribution in [2.75, 3.05) is 20.0 Å². The standard InChI is InChI=1S/C3H12P2/c1-5(2,3)4/h5H,4H2,1-3H3. The van der Waals surface area contributed by atoms with Gasteiger partial charge in [-0.2, -0.15) is 0 Å². The fourth-order valence-electron chi connectivity index (χ4n) is 0. The average Bonchev–Trinajstić information content (AvgIpc) is 0.722. The Morgan fingerprint density at radius 1 is 1.20 bits per heavy atom. The first-order valence-electron chi connectivity index (χ1n) is 1.79. The molecular weight excluding hydrogens is 98.0 g/mol. The second-order valence-corrected chi connectivity index (χ2v) is 12.3. The molecule has 0 radical (unpaired) electrons. The van der Waals surface area contributed by atoms with Gasteiger partial charge in [0.15, 0.2) is 0 Å². The zero-order valence-corrected chi connectivity index (χ0v) is 6.23. The van der Waals surface area contributed by atoms with E-state index in [4.69, 9.17) is 0 Å². The van der Waals surface area contributed by atoms with E-state index in [1.54, 1.807) is 0 Å². The van der Waals surface area contributed by atoms with Crippen LogP contribution >= 0.6 is 15.9 Å². The van der Waals surface area contributed by atoms with E-state index in [1.165, 1.54) is 0 Å². The summed E-state index contributed by atoms with van der Waals surface area (Å²) in [7, 11) is 2.85. The van der Waals surface area contributed by atoms with E-state index in [0.717, 1.165) is 0 Å². The quantitative estimate of drug-likeness (QED) is 0.413. The van der Waals surface area contributed by atoms with Gasteiger partial charge in [-0.3, -0.25) is 0 Å². The van der Waals surface area contributed by atoms with E-state index in [9.17, 15) is 0 Å². The van der Waals surface area contributed by atoms with Crippen LogP contribution in [0.2, 0.25) is 0 Å². The van der Waals surface area contributed by atoms with Crippen molar-refractivity contribution in [1.82, 2.24) is 0 Å². The number of hydrogen-bond donors (Lipinski definition) is 0. The third kappa shape index (κ3) is 53.7. The summed E-state index contributed by atoms with van der Waals surface area (Å²) in [6.07, 6.45) is 0. The summed E-state index contributed by atoms with van der Waals surface area (Å²) < 4.78 is 0. The van der Waals surface area contributed by atoms with E-state index in [2.05, 4.69) is 28.9 Å². The fraction of sp³-hybridized carbons (Fsp3) is 1.00. The first-order valence-corrected chi connectivity index (χ1v) is 7.10. The van der Waals surface area contributed by atoms with Crippen molar-refractivity contribution in [3.05, 3.63) is 0 Å². The monoisotopic (exact) mass is 110 g/mol. The van der Waals surface area contributed by atoms with Crippen LogP contribution in [0.1, 0.15) is 0 Å². The molecule has 0 fully saturated rings. The average molecular weight is 110 g/mol. The molecule has 0 aromatic rings. The van der Waals surface area contributed by atoms with Gasteiger partial charge in [-0.1, -0.05) is 0 Å². The molecule has 1 unspecified atom stereocenters. The summed E-state index contributed by atoms with van der Waals surface area (Å²) in [6.45, 7) is 6.17. The molecule has 2 heteroatoms. The van der Waals surface area contributed by atoms with Crippen molar-refractivity contribution >= 4 is 15.9 Å². The van der Waals surface area contributed by atoms with Crippen LogP contribution in [0.4, 0.5) is 0 Å². The first kappa shape index (κ1) is 5.86. The van der Waals surface area contributed by atoms with E-state index in [1.807, 2.05) is 0 Å². The SMILES string of the molecule is C[PH](C)(C)P. The molecule has 0 saturated heterocycles.